The summed E-state index contributed by atoms with van der Waals surface area (Å²) in [7, 11) is 0. The summed E-state index contributed by atoms with van der Waals surface area (Å²) in [6, 6.07) is 13.4. The third-order valence-electron chi connectivity index (χ3n) is 4.24. The molecule has 3 heterocycles. The molecule has 4 rings (SSSR count). The summed E-state index contributed by atoms with van der Waals surface area (Å²) in [5, 5.41) is 3.20. The van der Waals surface area contributed by atoms with Crippen molar-refractivity contribution in [3.63, 3.8) is 0 Å². The highest BCUT2D eigenvalue weighted by molar-refractivity contribution is 5.78. The predicted molar refractivity (Wildman–Crippen MR) is 87.3 cm³/mol. The standard InChI is InChI=1S/C14H17NO2.C4H3NO2/c16-14-8-4-7-12-9-17-10-13(15(12)14)11-5-2-1-3-6-11;6-4-2-1-3-5-7-4/h1-3,5-6,12-13H,4,7-10H2;1-3H/t12-,13+;/m1./s1. The minimum absolute atomic E-state index is 0.114. The van der Waals surface area contributed by atoms with Gasteiger partial charge in [0.05, 0.1) is 31.5 Å². The van der Waals surface area contributed by atoms with Crippen molar-refractivity contribution in [1.82, 2.24) is 10.1 Å². The zero-order valence-electron chi connectivity index (χ0n) is 13.3. The Morgan fingerprint density at radius 3 is 2.54 bits per heavy atom. The highest BCUT2D eigenvalue weighted by Crippen LogP contribution is 2.32. The van der Waals surface area contributed by atoms with Gasteiger partial charge in [0.15, 0.2) is 0 Å². The normalized spacial score (nSPS) is 23.0. The summed E-state index contributed by atoms with van der Waals surface area (Å²) in [4.78, 5) is 24.2. The molecule has 2 aromatic rings. The number of nitrogens with zero attached hydrogens (tertiary/aromatic N) is 2. The molecule has 1 aromatic heterocycles. The van der Waals surface area contributed by atoms with Crippen molar-refractivity contribution >= 4 is 5.91 Å². The summed E-state index contributed by atoms with van der Waals surface area (Å²) in [5.41, 5.74) is 0.773. The molecule has 0 radical (unpaired) electrons. The molecule has 2 atom stereocenters. The van der Waals surface area contributed by atoms with E-state index in [9.17, 15) is 9.59 Å². The van der Waals surface area contributed by atoms with Crippen molar-refractivity contribution < 1.29 is 14.1 Å². The topological polar surface area (TPSA) is 72.6 Å². The van der Waals surface area contributed by atoms with Crippen molar-refractivity contribution in [2.24, 2.45) is 0 Å². The molecule has 0 N–H and O–H groups in total. The van der Waals surface area contributed by atoms with Gasteiger partial charge >= 0.3 is 5.63 Å². The van der Waals surface area contributed by atoms with Crippen LogP contribution >= 0.6 is 0 Å². The quantitative estimate of drug-likeness (QED) is 0.802. The monoisotopic (exact) mass is 328 g/mol. The summed E-state index contributed by atoms with van der Waals surface area (Å²) in [6.07, 6.45) is 4.18. The number of carbonyl (C=O) groups is 1. The number of rotatable bonds is 1. The van der Waals surface area contributed by atoms with Crippen LogP contribution in [0, 0.1) is 0 Å². The van der Waals surface area contributed by atoms with Crippen LogP contribution in [0.2, 0.25) is 0 Å². The van der Waals surface area contributed by atoms with E-state index in [2.05, 4.69) is 26.7 Å². The van der Waals surface area contributed by atoms with Gasteiger partial charge in [0.1, 0.15) is 0 Å². The molecule has 1 aromatic carbocycles. The molecule has 6 nitrogen and oxygen atoms in total. The lowest BCUT2D eigenvalue weighted by molar-refractivity contribution is -0.151. The Hall–Kier alpha value is -2.47. The van der Waals surface area contributed by atoms with Crippen LogP contribution in [0.3, 0.4) is 0 Å². The van der Waals surface area contributed by atoms with Gasteiger partial charge in [-0.05, 0) is 24.5 Å². The first-order valence-corrected chi connectivity index (χ1v) is 8.10. The summed E-state index contributed by atoms with van der Waals surface area (Å²) in [5.74, 6) is 0.290. The lowest BCUT2D eigenvalue weighted by atomic mass is 9.95. The Morgan fingerprint density at radius 2 is 1.88 bits per heavy atom. The van der Waals surface area contributed by atoms with Gasteiger partial charge in [-0.15, -0.1) is 0 Å². The smallest absolute Gasteiger partial charge is 0.358 e. The zero-order chi connectivity index (χ0) is 16.8. The van der Waals surface area contributed by atoms with Crippen LogP contribution in [0.4, 0.5) is 0 Å². The highest BCUT2D eigenvalue weighted by Gasteiger charge is 2.37. The van der Waals surface area contributed by atoms with E-state index in [4.69, 9.17) is 4.74 Å². The van der Waals surface area contributed by atoms with Gasteiger partial charge in [0.2, 0.25) is 5.91 Å². The number of hydrogen-bond donors (Lipinski definition) is 0. The van der Waals surface area contributed by atoms with E-state index in [0.717, 1.165) is 12.8 Å². The van der Waals surface area contributed by atoms with Crippen LogP contribution in [0.1, 0.15) is 30.9 Å². The van der Waals surface area contributed by atoms with E-state index in [1.54, 1.807) is 0 Å². The van der Waals surface area contributed by atoms with E-state index in [0.29, 0.717) is 25.5 Å². The van der Waals surface area contributed by atoms with Crippen molar-refractivity contribution in [3.8, 4) is 0 Å². The molecule has 24 heavy (non-hydrogen) atoms. The minimum atomic E-state index is -0.414. The molecule has 0 bridgehead atoms. The number of benzene rings is 1. The summed E-state index contributed by atoms with van der Waals surface area (Å²) >= 11 is 0. The minimum Gasteiger partial charge on any atom is -0.377 e. The summed E-state index contributed by atoms with van der Waals surface area (Å²) < 4.78 is 9.78. The molecular weight excluding hydrogens is 308 g/mol. The van der Waals surface area contributed by atoms with Gasteiger partial charge in [0.25, 0.3) is 0 Å². The number of fused-ring (bicyclic) bond motifs is 1. The van der Waals surface area contributed by atoms with Crippen molar-refractivity contribution in [1.29, 1.82) is 0 Å². The van der Waals surface area contributed by atoms with Crippen LogP contribution in [0.25, 0.3) is 0 Å². The van der Waals surface area contributed by atoms with E-state index in [-0.39, 0.29) is 12.1 Å². The molecule has 2 aliphatic heterocycles. The number of hydrogen-bond acceptors (Lipinski definition) is 5. The van der Waals surface area contributed by atoms with E-state index >= 15 is 0 Å². The van der Waals surface area contributed by atoms with Gasteiger partial charge in [-0.2, -0.15) is 0 Å². The van der Waals surface area contributed by atoms with Gasteiger partial charge in [-0.1, -0.05) is 35.5 Å². The van der Waals surface area contributed by atoms with Crippen LogP contribution in [-0.4, -0.2) is 35.2 Å². The van der Waals surface area contributed by atoms with Crippen LogP contribution in [-0.2, 0) is 9.53 Å². The molecule has 0 aliphatic carbocycles. The van der Waals surface area contributed by atoms with Crippen LogP contribution in [0.15, 0.2) is 58.0 Å². The number of morpholine rings is 1. The zero-order valence-corrected chi connectivity index (χ0v) is 13.3. The third-order valence-corrected chi connectivity index (χ3v) is 4.24. The molecule has 0 unspecified atom stereocenters. The Kier molecular flexibility index (Phi) is 5.38. The molecule has 126 valence electrons. The molecule has 2 aliphatic rings. The molecule has 2 fully saturated rings. The van der Waals surface area contributed by atoms with Crippen molar-refractivity contribution in [2.75, 3.05) is 13.2 Å². The Morgan fingerprint density at radius 1 is 1.04 bits per heavy atom. The lowest BCUT2D eigenvalue weighted by Gasteiger charge is -2.44. The molecule has 1 amide bonds. The maximum absolute atomic E-state index is 12.1. The number of aromatic nitrogens is 1. The second kappa shape index (κ2) is 7.88. The molecular formula is C18H20N2O4. The number of amides is 1. The fourth-order valence-electron chi connectivity index (χ4n) is 3.15. The van der Waals surface area contributed by atoms with Crippen molar-refractivity contribution in [2.45, 2.75) is 31.3 Å². The van der Waals surface area contributed by atoms with Gasteiger partial charge < -0.3 is 14.2 Å². The van der Waals surface area contributed by atoms with Crippen molar-refractivity contribution in [3.05, 3.63) is 64.6 Å². The van der Waals surface area contributed by atoms with E-state index in [1.165, 1.54) is 23.9 Å². The second-order valence-electron chi connectivity index (χ2n) is 5.83. The fourth-order valence-corrected chi connectivity index (χ4v) is 3.15. The highest BCUT2D eigenvalue weighted by atomic mass is 16.5. The SMILES string of the molecule is O=C1CCC[C@@H]2COC[C@@H](c3ccccc3)N12.O=c1cccno1. The number of carbonyl (C=O) groups excluding carboxylic acids is 1. The van der Waals surface area contributed by atoms with E-state index in [1.807, 2.05) is 18.2 Å². The molecule has 6 heteroatoms. The van der Waals surface area contributed by atoms with Gasteiger partial charge in [0, 0.05) is 12.5 Å². The Labute approximate surface area is 140 Å². The average molecular weight is 328 g/mol. The molecule has 0 spiro atoms. The fraction of sp³-hybridized carbons (Fsp3) is 0.389. The first-order chi connectivity index (χ1) is 11.8. The summed E-state index contributed by atoms with van der Waals surface area (Å²) in [6.45, 7) is 1.33. The number of ether oxygens (including phenoxy) is 1. The van der Waals surface area contributed by atoms with Crippen LogP contribution in [0.5, 0.6) is 0 Å². The van der Waals surface area contributed by atoms with Gasteiger partial charge in [-0.3, -0.25) is 4.79 Å². The maximum atomic E-state index is 12.1. The predicted octanol–water partition coefficient (Wildman–Crippen LogP) is 2.17. The maximum Gasteiger partial charge on any atom is 0.358 e. The molecule has 0 saturated carbocycles. The largest absolute Gasteiger partial charge is 0.377 e. The Balaban J connectivity index is 0.000000203. The average Bonchev–Trinajstić information content (AvgIpc) is 2.63. The van der Waals surface area contributed by atoms with E-state index < -0.39 is 5.63 Å². The first-order valence-electron chi connectivity index (χ1n) is 8.10. The van der Waals surface area contributed by atoms with Gasteiger partial charge in [-0.25, -0.2) is 4.79 Å². The second-order valence-corrected chi connectivity index (χ2v) is 5.83. The Bertz CT molecular complexity index is 697. The lowest BCUT2D eigenvalue weighted by Crippen LogP contribution is -2.52. The first kappa shape index (κ1) is 16.4. The van der Waals surface area contributed by atoms with Crippen LogP contribution < -0.4 is 5.63 Å². The third kappa shape index (κ3) is 3.89. The number of piperidine rings is 1. The molecule has 2 saturated heterocycles.